The first kappa shape index (κ1) is 11.4. The third kappa shape index (κ3) is 2.87. The number of phenolic OH excluding ortho intramolecular Hbond substituents is 2. The summed E-state index contributed by atoms with van der Waals surface area (Å²) in [5.41, 5.74) is 0.393. The standard InChI is InChI=1S/C11H14O4/c1-7(2)11(14)15-6-8-4-3-5-9(12)10(8)13/h3-5,7,12-13H,6H2,1-2H3. The molecule has 2 N–H and O–H groups in total. The largest absolute Gasteiger partial charge is 0.504 e. The van der Waals surface area contributed by atoms with Crippen LogP contribution in [0.15, 0.2) is 18.2 Å². The zero-order valence-corrected chi connectivity index (χ0v) is 8.73. The molecule has 0 aliphatic carbocycles. The molecule has 0 spiro atoms. The number of rotatable bonds is 3. The van der Waals surface area contributed by atoms with Crippen LogP contribution in [-0.4, -0.2) is 16.2 Å². The Kier molecular flexibility index (Phi) is 3.55. The lowest BCUT2D eigenvalue weighted by Crippen LogP contribution is -2.11. The molecule has 0 bridgehead atoms. The maximum absolute atomic E-state index is 11.1. The molecule has 0 saturated carbocycles. The first-order chi connectivity index (χ1) is 7.02. The molecule has 0 aromatic heterocycles. The summed E-state index contributed by atoms with van der Waals surface area (Å²) in [4.78, 5) is 11.1. The number of para-hydroxylation sites is 1. The Morgan fingerprint density at radius 1 is 1.40 bits per heavy atom. The fourth-order valence-corrected chi connectivity index (χ4v) is 1.01. The van der Waals surface area contributed by atoms with Gasteiger partial charge in [-0.3, -0.25) is 4.79 Å². The molecule has 0 unspecified atom stereocenters. The minimum absolute atomic E-state index is 0.0305. The summed E-state index contributed by atoms with van der Waals surface area (Å²) >= 11 is 0. The number of carbonyl (C=O) groups is 1. The highest BCUT2D eigenvalue weighted by Gasteiger charge is 2.11. The van der Waals surface area contributed by atoms with Crippen molar-refractivity contribution < 1.29 is 19.7 Å². The van der Waals surface area contributed by atoms with Gasteiger partial charge in [0.1, 0.15) is 6.61 Å². The van der Waals surface area contributed by atoms with Crippen molar-refractivity contribution in [2.24, 2.45) is 5.92 Å². The van der Waals surface area contributed by atoms with E-state index in [-0.39, 0.29) is 30.0 Å². The Bertz CT molecular complexity index is 358. The van der Waals surface area contributed by atoms with Crippen LogP contribution in [0, 0.1) is 5.92 Å². The topological polar surface area (TPSA) is 66.8 Å². The van der Waals surface area contributed by atoms with Gasteiger partial charge < -0.3 is 14.9 Å². The molecule has 0 saturated heterocycles. The van der Waals surface area contributed by atoms with Crippen molar-refractivity contribution in [3.05, 3.63) is 23.8 Å². The van der Waals surface area contributed by atoms with Gasteiger partial charge in [-0.05, 0) is 6.07 Å². The highest BCUT2D eigenvalue weighted by Crippen LogP contribution is 2.28. The van der Waals surface area contributed by atoms with Gasteiger partial charge in [0.15, 0.2) is 11.5 Å². The lowest BCUT2D eigenvalue weighted by atomic mass is 10.2. The second-order valence-electron chi connectivity index (χ2n) is 3.55. The van der Waals surface area contributed by atoms with Gasteiger partial charge in [0, 0.05) is 5.56 Å². The molecule has 0 heterocycles. The summed E-state index contributed by atoms with van der Waals surface area (Å²) in [6, 6.07) is 4.53. The van der Waals surface area contributed by atoms with E-state index in [4.69, 9.17) is 4.74 Å². The van der Waals surface area contributed by atoms with Crippen LogP contribution in [-0.2, 0) is 16.1 Å². The molecule has 0 atom stereocenters. The average Bonchev–Trinajstić information content (AvgIpc) is 2.19. The maximum atomic E-state index is 11.1. The third-order valence-electron chi connectivity index (χ3n) is 1.94. The van der Waals surface area contributed by atoms with Crippen LogP contribution in [0.25, 0.3) is 0 Å². The number of hydrogen-bond acceptors (Lipinski definition) is 4. The van der Waals surface area contributed by atoms with Crippen molar-refractivity contribution in [2.45, 2.75) is 20.5 Å². The quantitative estimate of drug-likeness (QED) is 0.589. The van der Waals surface area contributed by atoms with Crippen molar-refractivity contribution in [1.29, 1.82) is 0 Å². The first-order valence-corrected chi connectivity index (χ1v) is 4.69. The van der Waals surface area contributed by atoms with E-state index < -0.39 is 0 Å². The highest BCUT2D eigenvalue weighted by molar-refractivity contribution is 5.71. The van der Waals surface area contributed by atoms with Crippen LogP contribution < -0.4 is 0 Å². The molecule has 0 amide bonds. The van der Waals surface area contributed by atoms with E-state index in [2.05, 4.69) is 0 Å². The molecule has 1 aromatic carbocycles. The predicted octanol–water partition coefficient (Wildman–Crippen LogP) is 1.80. The fourth-order valence-electron chi connectivity index (χ4n) is 1.01. The summed E-state index contributed by atoms with van der Waals surface area (Å²) in [5.74, 6) is -0.996. The van der Waals surface area contributed by atoms with E-state index in [1.54, 1.807) is 26.0 Å². The number of hydrogen-bond donors (Lipinski definition) is 2. The molecule has 1 rings (SSSR count). The van der Waals surface area contributed by atoms with Gasteiger partial charge in [-0.25, -0.2) is 0 Å². The number of benzene rings is 1. The molecule has 1 aromatic rings. The lowest BCUT2D eigenvalue weighted by Gasteiger charge is -2.08. The Morgan fingerprint density at radius 3 is 2.67 bits per heavy atom. The number of esters is 1. The van der Waals surface area contributed by atoms with E-state index in [1.807, 2.05) is 0 Å². The van der Waals surface area contributed by atoms with Crippen LogP contribution in [0.4, 0.5) is 0 Å². The molecular weight excluding hydrogens is 196 g/mol. The van der Waals surface area contributed by atoms with Crippen LogP contribution in [0.2, 0.25) is 0 Å². The van der Waals surface area contributed by atoms with Crippen molar-refractivity contribution in [3.63, 3.8) is 0 Å². The van der Waals surface area contributed by atoms with Crippen molar-refractivity contribution >= 4 is 5.97 Å². The van der Waals surface area contributed by atoms with Gasteiger partial charge in [0.25, 0.3) is 0 Å². The Hall–Kier alpha value is -1.71. The Balaban J connectivity index is 2.66. The van der Waals surface area contributed by atoms with E-state index in [0.717, 1.165) is 0 Å². The molecule has 0 aliphatic heterocycles. The predicted molar refractivity (Wildman–Crippen MR) is 54.4 cm³/mol. The number of aromatic hydroxyl groups is 2. The molecule has 4 nitrogen and oxygen atoms in total. The van der Waals surface area contributed by atoms with Crippen molar-refractivity contribution in [2.75, 3.05) is 0 Å². The fraction of sp³-hybridized carbons (Fsp3) is 0.364. The molecule has 82 valence electrons. The molecular formula is C11H14O4. The van der Waals surface area contributed by atoms with E-state index in [0.29, 0.717) is 5.56 Å². The average molecular weight is 210 g/mol. The lowest BCUT2D eigenvalue weighted by molar-refractivity contribution is -0.148. The molecule has 0 fully saturated rings. The number of ether oxygens (including phenoxy) is 1. The van der Waals surface area contributed by atoms with Gasteiger partial charge in [-0.15, -0.1) is 0 Å². The second-order valence-corrected chi connectivity index (χ2v) is 3.55. The smallest absolute Gasteiger partial charge is 0.308 e. The second kappa shape index (κ2) is 4.68. The van der Waals surface area contributed by atoms with Crippen LogP contribution in [0.5, 0.6) is 11.5 Å². The summed E-state index contributed by atoms with van der Waals surface area (Å²) in [6.07, 6.45) is 0. The van der Waals surface area contributed by atoms with Crippen LogP contribution in [0.1, 0.15) is 19.4 Å². The summed E-state index contributed by atoms with van der Waals surface area (Å²) in [6.45, 7) is 3.42. The van der Waals surface area contributed by atoms with Crippen molar-refractivity contribution in [1.82, 2.24) is 0 Å². The molecule has 4 heteroatoms. The van der Waals surface area contributed by atoms with Gasteiger partial charge in [0.2, 0.25) is 0 Å². The van der Waals surface area contributed by atoms with Gasteiger partial charge in [-0.1, -0.05) is 26.0 Å². The molecule has 15 heavy (non-hydrogen) atoms. The summed E-state index contributed by atoms with van der Waals surface area (Å²) in [7, 11) is 0. The normalized spacial score (nSPS) is 10.3. The van der Waals surface area contributed by atoms with Gasteiger partial charge >= 0.3 is 5.97 Å². The zero-order chi connectivity index (χ0) is 11.4. The summed E-state index contributed by atoms with van der Waals surface area (Å²) < 4.78 is 4.92. The van der Waals surface area contributed by atoms with E-state index in [1.165, 1.54) is 6.07 Å². The Labute approximate surface area is 88.1 Å². The molecule has 0 aliphatic rings. The SMILES string of the molecule is CC(C)C(=O)OCc1cccc(O)c1O. The number of carbonyl (C=O) groups excluding carboxylic acids is 1. The Morgan fingerprint density at radius 2 is 2.07 bits per heavy atom. The zero-order valence-electron chi connectivity index (χ0n) is 8.73. The maximum Gasteiger partial charge on any atom is 0.308 e. The minimum atomic E-state index is -0.335. The minimum Gasteiger partial charge on any atom is -0.504 e. The van der Waals surface area contributed by atoms with Crippen LogP contribution >= 0.6 is 0 Å². The van der Waals surface area contributed by atoms with Crippen molar-refractivity contribution in [3.8, 4) is 11.5 Å². The van der Waals surface area contributed by atoms with E-state index >= 15 is 0 Å². The van der Waals surface area contributed by atoms with Gasteiger partial charge in [0.05, 0.1) is 5.92 Å². The monoisotopic (exact) mass is 210 g/mol. The molecule has 0 radical (unpaired) electrons. The third-order valence-corrected chi connectivity index (χ3v) is 1.94. The van der Waals surface area contributed by atoms with Gasteiger partial charge in [-0.2, -0.15) is 0 Å². The number of phenols is 2. The highest BCUT2D eigenvalue weighted by atomic mass is 16.5. The van der Waals surface area contributed by atoms with E-state index in [9.17, 15) is 15.0 Å². The first-order valence-electron chi connectivity index (χ1n) is 4.69. The summed E-state index contributed by atoms with van der Waals surface area (Å²) in [5, 5.41) is 18.6. The van der Waals surface area contributed by atoms with Crippen LogP contribution in [0.3, 0.4) is 0 Å².